The summed E-state index contributed by atoms with van der Waals surface area (Å²) in [7, 11) is 0. The van der Waals surface area contributed by atoms with Crippen molar-refractivity contribution in [1.29, 1.82) is 0 Å². The van der Waals surface area contributed by atoms with Gasteiger partial charge in [-0.25, -0.2) is 13.8 Å². The minimum absolute atomic E-state index is 0.176. The first-order valence-corrected chi connectivity index (χ1v) is 10.2. The van der Waals surface area contributed by atoms with Crippen molar-refractivity contribution in [3.8, 4) is 0 Å². The number of benzene rings is 1. The van der Waals surface area contributed by atoms with E-state index in [4.69, 9.17) is 0 Å². The standard InChI is InChI=1S/C22H22F2N4O2/c23-14-3-5-18(24)17(10-14)19-2-1-8-27(19)15-4-6-21-25-11-20(28(21)12-15)22(30)26-9-7-16(29)13-26/h3-6,10-12,16,19,29H,1-2,7-9,13H2/t16-,19+/m0/s1. The van der Waals surface area contributed by atoms with Crippen LogP contribution in [0.1, 0.15) is 41.4 Å². The average Bonchev–Trinajstić information content (AvgIpc) is 3.47. The van der Waals surface area contributed by atoms with Crippen LogP contribution in [0.5, 0.6) is 0 Å². The van der Waals surface area contributed by atoms with Crippen LogP contribution < -0.4 is 4.90 Å². The summed E-state index contributed by atoms with van der Waals surface area (Å²) in [4.78, 5) is 20.9. The number of fused-ring (bicyclic) bond motifs is 1. The quantitative estimate of drug-likeness (QED) is 0.718. The lowest BCUT2D eigenvalue weighted by Crippen LogP contribution is -2.30. The lowest BCUT2D eigenvalue weighted by molar-refractivity contribution is 0.0758. The molecule has 156 valence electrons. The van der Waals surface area contributed by atoms with Crippen LogP contribution in [-0.2, 0) is 0 Å². The fourth-order valence-corrected chi connectivity index (χ4v) is 4.55. The van der Waals surface area contributed by atoms with Crippen molar-refractivity contribution in [2.75, 3.05) is 24.5 Å². The maximum absolute atomic E-state index is 14.4. The molecule has 2 aliphatic heterocycles. The second-order valence-electron chi connectivity index (χ2n) is 7.97. The van der Waals surface area contributed by atoms with E-state index in [-0.39, 0.29) is 11.9 Å². The Morgan fingerprint density at radius 3 is 2.80 bits per heavy atom. The maximum Gasteiger partial charge on any atom is 0.272 e. The summed E-state index contributed by atoms with van der Waals surface area (Å²) in [5.41, 5.74) is 2.23. The number of aliphatic hydroxyl groups is 1. The highest BCUT2D eigenvalue weighted by Crippen LogP contribution is 2.37. The summed E-state index contributed by atoms with van der Waals surface area (Å²) in [6, 6.07) is 7.01. The van der Waals surface area contributed by atoms with Gasteiger partial charge >= 0.3 is 0 Å². The molecule has 3 aromatic rings. The molecule has 8 heteroatoms. The van der Waals surface area contributed by atoms with Gasteiger partial charge in [0.25, 0.3) is 5.91 Å². The van der Waals surface area contributed by atoms with Gasteiger partial charge in [0.1, 0.15) is 23.0 Å². The van der Waals surface area contributed by atoms with E-state index in [1.807, 2.05) is 23.2 Å². The van der Waals surface area contributed by atoms with E-state index in [2.05, 4.69) is 4.98 Å². The zero-order chi connectivity index (χ0) is 20.8. The molecular weight excluding hydrogens is 390 g/mol. The summed E-state index contributed by atoms with van der Waals surface area (Å²) < 4.78 is 29.9. The number of aromatic nitrogens is 2. The molecule has 0 radical (unpaired) electrons. The Balaban J connectivity index is 1.50. The third-order valence-corrected chi connectivity index (χ3v) is 6.06. The Morgan fingerprint density at radius 2 is 2.00 bits per heavy atom. The molecule has 0 spiro atoms. The fraction of sp³-hybridized carbons (Fsp3) is 0.364. The van der Waals surface area contributed by atoms with Gasteiger partial charge in [0, 0.05) is 31.4 Å². The van der Waals surface area contributed by atoms with Gasteiger partial charge in [-0.2, -0.15) is 0 Å². The second-order valence-corrected chi connectivity index (χ2v) is 7.97. The molecule has 1 N–H and O–H groups in total. The summed E-state index contributed by atoms with van der Waals surface area (Å²) in [6.45, 7) is 1.54. The minimum atomic E-state index is -0.491. The number of hydrogen-bond acceptors (Lipinski definition) is 4. The molecule has 5 rings (SSSR count). The van der Waals surface area contributed by atoms with E-state index in [0.717, 1.165) is 24.6 Å². The van der Waals surface area contributed by atoms with Crippen LogP contribution in [0.25, 0.3) is 5.65 Å². The van der Waals surface area contributed by atoms with Crippen LogP contribution in [0.3, 0.4) is 0 Å². The molecule has 2 saturated heterocycles. The number of imidazole rings is 1. The molecule has 2 aromatic heterocycles. The Hall–Kier alpha value is -3.00. The minimum Gasteiger partial charge on any atom is -0.391 e. The highest BCUT2D eigenvalue weighted by atomic mass is 19.1. The van der Waals surface area contributed by atoms with Gasteiger partial charge < -0.3 is 14.9 Å². The summed E-state index contributed by atoms with van der Waals surface area (Å²) >= 11 is 0. The number of halogens is 2. The van der Waals surface area contributed by atoms with E-state index >= 15 is 0 Å². The second kappa shape index (κ2) is 7.36. The number of likely N-dealkylation sites (tertiary alicyclic amines) is 1. The zero-order valence-electron chi connectivity index (χ0n) is 16.3. The Kier molecular flexibility index (Phi) is 4.66. The van der Waals surface area contributed by atoms with Crippen LogP contribution in [0.4, 0.5) is 14.5 Å². The van der Waals surface area contributed by atoms with Crippen LogP contribution >= 0.6 is 0 Å². The molecule has 30 heavy (non-hydrogen) atoms. The molecule has 0 aliphatic carbocycles. The summed E-state index contributed by atoms with van der Waals surface area (Å²) in [6.07, 6.45) is 5.04. The average molecular weight is 412 g/mol. The van der Waals surface area contributed by atoms with Gasteiger partial charge in [0.05, 0.1) is 24.0 Å². The van der Waals surface area contributed by atoms with Crippen molar-refractivity contribution < 1.29 is 18.7 Å². The van der Waals surface area contributed by atoms with Gasteiger partial charge in [0.2, 0.25) is 0 Å². The maximum atomic E-state index is 14.4. The smallest absolute Gasteiger partial charge is 0.272 e. The van der Waals surface area contributed by atoms with Crippen molar-refractivity contribution in [2.24, 2.45) is 0 Å². The number of pyridine rings is 1. The Morgan fingerprint density at radius 1 is 1.13 bits per heavy atom. The predicted molar refractivity (Wildman–Crippen MR) is 107 cm³/mol. The largest absolute Gasteiger partial charge is 0.391 e. The van der Waals surface area contributed by atoms with E-state index in [0.29, 0.717) is 43.0 Å². The highest BCUT2D eigenvalue weighted by Gasteiger charge is 2.30. The summed E-state index contributed by atoms with van der Waals surface area (Å²) in [5, 5.41) is 9.75. The molecule has 0 saturated carbocycles. The van der Waals surface area contributed by atoms with Gasteiger partial charge in [-0.3, -0.25) is 9.20 Å². The normalized spacial score (nSPS) is 21.7. The van der Waals surface area contributed by atoms with Crippen molar-refractivity contribution in [1.82, 2.24) is 14.3 Å². The lowest BCUT2D eigenvalue weighted by Gasteiger charge is -2.27. The van der Waals surface area contributed by atoms with Gasteiger partial charge in [-0.15, -0.1) is 0 Å². The molecule has 2 fully saturated rings. The van der Waals surface area contributed by atoms with Crippen molar-refractivity contribution in [3.63, 3.8) is 0 Å². The number of β-amino-alcohol motifs (C(OH)–C–C–N with tert-alkyl or cyclic N) is 1. The van der Waals surface area contributed by atoms with Gasteiger partial charge in [-0.1, -0.05) is 0 Å². The zero-order valence-corrected chi connectivity index (χ0v) is 16.3. The highest BCUT2D eigenvalue weighted by molar-refractivity contribution is 5.93. The van der Waals surface area contributed by atoms with Gasteiger partial charge in [0.15, 0.2) is 0 Å². The Labute approximate surface area is 172 Å². The van der Waals surface area contributed by atoms with Gasteiger partial charge in [-0.05, 0) is 49.6 Å². The van der Waals surface area contributed by atoms with Crippen molar-refractivity contribution in [3.05, 3.63) is 65.6 Å². The molecule has 2 atom stereocenters. The van der Waals surface area contributed by atoms with E-state index < -0.39 is 17.7 Å². The van der Waals surface area contributed by atoms with E-state index in [1.165, 1.54) is 12.1 Å². The van der Waals surface area contributed by atoms with Crippen LogP contribution in [0, 0.1) is 11.6 Å². The molecule has 0 unspecified atom stereocenters. The van der Waals surface area contributed by atoms with E-state index in [1.54, 1.807) is 15.5 Å². The Bertz CT molecular complexity index is 1120. The van der Waals surface area contributed by atoms with Crippen LogP contribution in [0.15, 0.2) is 42.7 Å². The number of nitrogens with zero attached hydrogens (tertiary/aromatic N) is 4. The number of carbonyl (C=O) groups is 1. The lowest BCUT2D eigenvalue weighted by atomic mass is 10.0. The fourth-order valence-electron chi connectivity index (χ4n) is 4.55. The molecule has 1 aromatic carbocycles. The third-order valence-electron chi connectivity index (χ3n) is 6.06. The monoisotopic (exact) mass is 412 g/mol. The van der Waals surface area contributed by atoms with Crippen LogP contribution in [0.2, 0.25) is 0 Å². The first-order chi connectivity index (χ1) is 14.5. The molecule has 1 amide bonds. The topological polar surface area (TPSA) is 61.1 Å². The number of aliphatic hydroxyl groups excluding tert-OH is 1. The number of amides is 1. The van der Waals surface area contributed by atoms with E-state index in [9.17, 15) is 18.7 Å². The molecule has 4 heterocycles. The number of hydrogen-bond donors (Lipinski definition) is 1. The first kappa shape index (κ1) is 19.0. The number of carbonyl (C=O) groups excluding carboxylic acids is 1. The summed E-state index contributed by atoms with van der Waals surface area (Å²) in [5.74, 6) is -1.05. The number of anilines is 1. The van der Waals surface area contributed by atoms with Crippen molar-refractivity contribution in [2.45, 2.75) is 31.4 Å². The van der Waals surface area contributed by atoms with Crippen LogP contribution in [-0.4, -0.2) is 51.0 Å². The molecule has 2 aliphatic rings. The molecule has 0 bridgehead atoms. The molecule has 6 nitrogen and oxygen atoms in total. The first-order valence-electron chi connectivity index (χ1n) is 10.2. The SMILES string of the molecule is O=C(c1cnc2ccc(N3CCC[C@@H]3c3cc(F)ccc3F)cn12)N1CC[C@H](O)C1. The number of rotatable bonds is 3. The van der Waals surface area contributed by atoms with Crippen molar-refractivity contribution >= 4 is 17.2 Å². The predicted octanol–water partition coefficient (Wildman–Crippen LogP) is 3.16. The third kappa shape index (κ3) is 3.21. The molecular formula is C22H22F2N4O2.